The number of esters is 2. The number of hydrogen-bond donors (Lipinski definition) is 0. The molecular formula is C33H37N3O5S. The molecule has 1 heterocycles. The van der Waals surface area contributed by atoms with Crippen LogP contribution in [0.1, 0.15) is 50.0 Å². The van der Waals surface area contributed by atoms with Crippen molar-refractivity contribution < 1.29 is 23.9 Å². The predicted molar refractivity (Wildman–Crippen MR) is 166 cm³/mol. The van der Waals surface area contributed by atoms with Gasteiger partial charge in [-0.1, -0.05) is 54.2 Å². The van der Waals surface area contributed by atoms with Crippen molar-refractivity contribution in [2.24, 2.45) is 0 Å². The maximum atomic E-state index is 13.5. The quantitative estimate of drug-likeness (QED) is 0.109. The number of imidazole rings is 1. The van der Waals surface area contributed by atoms with Crippen molar-refractivity contribution in [3.8, 4) is 0 Å². The summed E-state index contributed by atoms with van der Waals surface area (Å²) in [4.78, 5) is 44.8. The average Bonchev–Trinajstić information content (AvgIpc) is 3.29. The molecule has 9 heteroatoms. The van der Waals surface area contributed by atoms with Gasteiger partial charge in [-0.3, -0.25) is 9.59 Å². The van der Waals surface area contributed by atoms with Gasteiger partial charge in [-0.15, -0.1) is 0 Å². The minimum Gasteiger partial charge on any atom is -0.462 e. The number of nitrogens with zero attached hydrogens (tertiary/aromatic N) is 3. The number of thioether (sulfide) groups is 1. The monoisotopic (exact) mass is 587 g/mol. The SMILES string of the molecule is CCOC(=O)c1ccc(N(CCCSc2nc3ccccc3n2CC(=O)OC(C)(C)C)C(=O)Cc2ccccc2)cc1. The highest BCUT2D eigenvalue weighted by molar-refractivity contribution is 7.99. The molecule has 220 valence electrons. The third-order valence-corrected chi connectivity index (χ3v) is 7.34. The first-order chi connectivity index (χ1) is 20.1. The van der Waals surface area contributed by atoms with Gasteiger partial charge in [-0.25, -0.2) is 9.78 Å². The Labute approximate surface area is 251 Å². The van der Waals surface area contributed by atoms with Crippen molar-refractivity contribution in [1.82, 2.24) is 9.55 Å². The largest absolute Gasteiger partial charge is 0.462 e. The molecule has 4 aromatic rings. The highest BCUT2D eigenvalue weighted by atomic mass is 32.2. The molecule has 1 amide bonds. The molecule has 0 fully saturated rings. The van der Waals surface area contributed by atoms with Crippen molar-refractivity contribution in [2.45, 2.75) is 57.8 Å². The maximum absolute atomic E-state index is 13.5. The number of aromatic nitrogens is 2. The fourth-order valence-electron chi connectivity index (χ4n) is 4.46. The molecule has 0 N–H and O–H groups in total. The lowest BCUT2D eigenvalue weighted by molar-refractivity contribution is -0.155. The van der Waals surface area contributed by atoms with Gasteiger partial charge in [-0.05, 0) is 76.1 Å². The molecule has 0 bridgehead atoms. The van der Waals surface area contributed by atoms with Crippen LogP contribution >= 0.6 is 11.8 Å². The van der Waals surface area contributed by atoms with E-state index in [4.69, 9.17) is 14.5 Å². The molecule has 0 saturated heterocycles. The molecule has 3 aromatic carbocycles. The van der Waals surface area contributed by atoms with Crippen molar-refractivity contribution in [3.05, 3.63) is 90.0 Å². The number of anilines is 1. The third kappa shape index (κ3) is 8.45. The molecular weight excluding hydrogens is 550 g/mol. The van der Waals surface area contributed by atoms with Crippen LogP contribution in [-0.2, 0) is 32.0 Å². The summed E-state index contributed by atoms with van der Waals surface area (Å²) in [6, 6.07) is 24.3. The van der Waals surface area contributed by atoms with E-state index in [2.05, 4.69) is 0 Å². The second kappa shape index (κ2) is 14.2. The highest BCUT2D eigenvalue weighted by Gasteiger charge is 2.21. The number of para-hydroxylation sites is 2. The Kier molecular flexibility index (Phi) is 10.4. The number of carbonyl (C=O) groups excluding carboxylic acids is 3. The lowest BCUT2D eigenvalue weighted by Crippen LogP contribution is -2.33. The number of rotatable bonds is 12. The molecule has 0 aliphatic carbocycles. The summed E-state index contributed by atoms with van der Waals surface area (Å²) in [6.07, 6.45) is 0.944. The van der Waals surface area contributed by atoms with E-state index in [1.54, 1.807) is 47.9 Å². The van der Waals surface area contributed by atoms with Crippen molar-refractivity contribution in [3.63, 3.8) is 0 Å². The molecule has 0 saturated carbocycles. The van der Waals surface area contributed by atoms with E-state index >= 15 is 0 Å². The minimum atomic E-state index is -0.578. The van der Waals surface area contributed by atoms with Gasteiger partial charge in [0, 0.05) is 18.0 Å². The Bertz CT molecular complexity index is 1510. The van der Waals surface area contributed by atoms with Gasteiger partial charge >= 0.3 is 11.9 Å². The van der Waals surface area contributed by atoms with Gasteiger partial charge in [0.25, 0.3) is 0 Å². The molecule has 8 nitrogen and oxygen atoms in total. The maximum Gasteiger partial charge on any atom is 0.338 e. The summed E-state index contributed by atoms with van der Waals surface area (Å²) in [6.45, 7) is 8.15. The number of benzene rings is 3. The smallest absolute Gasteiger partial charge is 0.338 e. The Morgan fingerprint density at radius 1 is 0.929 bits per heavy atom. The Hall–Kier alpha value is -4.11. The lowest BCUT2D eigenvalue weighted by Gasteiger charge is -2.23. The van der Waals surface area contributed by atoms with Crippen LogP contribution in [-0.4, -0.2) is 51.9 Å². The summed E-state index contributed by atoms with van der Waals surface area (Å²) in [5.74, 6) is -0.0752. The van der Waals surface area contributed by atoms with Gasteiger partial charge in [0.1, 0.15) is 12.1 Å². The van der Waals surface area contributed by atoms with Crippen molar-refractivity contribution in [2.75, 3.05) is 23.8 Å². The van der Waals surface area contributed by atoms with Crippen molar-refractivity contribution >= 4 is 46.3 Å². The second-order valence-electron chi connectivity index (χ2n) is 10.7. The van der Waals surface area contributed by atoms with E-state index in [0.717, 1.165) is 21.8 Å². The number of fused-ring (bicyclic) bond motifs is 1. The molecule has 1 aromatic heterocycles. The first kappa shape index (κ1) is 30.8. The summed E-state index contributed by atoms with van der Waals surface area (Å²) in [7, 11) is 0. The van der Waals surface area contributed by atoms with Crippen LogP contribution in [0.2, 0.25) is 0 Å². The van der Waals surface area contributed by atoms with E-state index < -0.39 is 11.6 Å². The van der Waals surface area contributed by atoms with E-state index in [0.29, 0.717) is 36.6 Å². The summed E-state index contributed by atoms with van der Waals surface area (Å²) in [5, 5.41) is 0.725. The first-order valence-electron chi connectivity index (χ1n) is 14.1. The third-order valence-electron chi connectivity index (χ3n) is 6.27. The molecule has 42 heavy (non-hydrogen) atoms. The fraction of sp³-hybridized carbons (Fsp3) is 0.333. The van der Waals surface area contributed by atoms with Gasteiger partial charge in [0.15, 0.2) is 5.16 Å². The van der Waals surface area contributed by atoms with Gasteiger partial charge in [-0.2, -0.15) is 0 Å². The minimum absolute atomic E-state index is 0.0350. The Balaban J connectivity index is 1.48. The van der Waals surface area contributed by atoms with Crippen LogP contribution in [0.4, 0.5) is 5.69 Å². The number of hydrogen-bond acceptors (Lipinski definition) is 7. The molecule has 0 aliphatic rings. The lowest BCUT2D eigenvalue weighted by atomic mass is 10.1. The second-order valence-corrected chi connectivity index (χ2v) is 11.8. The van der Waals surface area contributed by atoms with Gasteiger partial charge in [0.2, 0.25) is 5.91 Å². The highest BCUT2D eigenvalue weighted by Crippen LogP contribution is 2.26. The number of amides is 1. The molecule has 4 rings (SSSR count). The Morgan fingerprint density at radius 3 is 2.31 bits per heavy atom. The van der Waals surface area contributed by atoms with Crippen LogP contribution in [0.3, 0.4) is 0 Å². The fourth-order valence-corrected chi connectivity index (χ4v) is 5.40. The normalized spacial score (nSPS) is 11.3. The summed E-state index contributed by atoms with van der Waals surface area (Å²) >= 11 is 1.54. The standard InChI is InChI=1S/C33H37N3O5S/c1-5-40-31(39)25-16-18-26(19-17-25)35(29(37)22-24-12-7-6-8-13-24)20-11-21-42-32-34-27-14-9-10-15-28(27)36(32)23-30(38)41-33(2,3)4/h6-10,12-19H,5,11,20-23H2,1-4H3. The molecule has 0 aliphatic heterocycles. The van der Waals surface area contributed by atoms with Crippen molar-refractivity contribution in [1.29, 1.82) is 0 Å². The zero-order valence-corrected chi connectivity index (χ0v) is 25.4. The predicted octanol–water partition coefficient (Wildman–Crippen LogP) is 6.31. The topological polar surface area (TPSA) is 90.7 Å². The van der Waals surface area contributed by atoms with Crippen LogP contribution in [0, 0.1) is 0 Å². The summed E-state index contributed by atoms with van der Waals surface area (Å²) < 4.78 is 12.5. The molecule has 0 unspecified atom stereocenters. The van der Waals surface area contributed by atoms with Crippen LogP contribution < -0.4 is 4.90 Å². The van der Waals surface area contributed by atoms with Crippen LogP contribution in [0.5, 0.6) is 0 Å². The van der Waals surface area contributed by atoms with E-state index in [1.807, 2.05) is 79.9 Å². The Morgan fingerprint density at radius 2 is 1.62 bits per heavy atom. The first-order valence-corrected chi connectivity index (χ1v) is 15.0. The zero-order valence-electron chi connectivity index (χ0n) is 24.5. The van der Waals surface area contributed by atoms with E-state index in [9.17, 15) is 14.4 Å². The van der Waals surface area contributed by atoms with Crippen LogP contribution in [0.25, 0.3) is 11.0 Å². The molecule has 0 spiro atoms. The van der Waals surface area contributed by atoms with Crippen LogP contribution in [0.15, 0.2) is 84.0 Å². The van der Waals surface area contributed by atoms with Gasteiger partial charge in [0.05, 0.1) is 29.6 Å². The number of carbonyl (C=O) groups is 3. The zero-order chi connectivity index (χ0) is 30.1. The van der Waals surface area contributed by atoms with E-state index in [-0.39, 0.29) is 24.8 Å². The van der Waals surface area contributed by atoms with Gasteiger partial charge < -0.3 is 18.9 Å². The van der Waals surface area contributed by atoms with E-state index in [1.165, 1.54) is 0 Å². The number of ether oxygens (including phenoxy) is 2. The average molecular weight is 588 g/mol. The molecule has 0 radical (unpaired) electrons. The summed E-state index contributed by atoms with van der Waals surface area (Å²) in [5.41, 5.74) is 3.19. The molecule has 0 atom stereocenters.